The van der Waals surface area contributed by atoms with Gasteiger partial charge in [0, 0.05) is 0 Å². The Balaban J connectivity index is 2.11. The molecule has 2 rings (SSSR count). The maximum Gasteiger partial charge on any atom is 0.262 e. The fraction of sp³-hybridized carbons (Fsp3) is 0.158. The summed E-state index contributed by atoms with van der Waals surface area (Å²) in [6.07, 6.45) is 1.56. The lowest BCUT2D eigenvalue weighted by atomic mass is 10.1. The molecule has 0 radical (unpaired) electrons. The van der Waals surface area contributed by atoms with Gasteiger partial charge in [-0.15, -0.1) is 0 Å². The van der Waals surface area contributed by atoms with Crippen molar-refractivity contribution in [2.75, 3.05) is 7.11 Å². The fourth-order valence-electron chi connectivity index (χ4n) is 2.11. The Hall–Kier alpha value is -3.06. The lowest BCUT2D eigenvalue weighted by molar-refractivity contribution is -0.117. The maximum atomic E-state index is 12.3. The normalized spacial score (nSPS) is 12.1. The topological polar surface area (TPSA) is 62.1 Å². The van der Waals surface area contributed by atoms with Crippen molar-refractivity contribution in [3.05, 3.63) is 71.3 Å². The van der Waals surface area contributed by atoms with E-state index in [0.29, 0.717) is 0 Å². The number of rotatable bonds is 5. The first-order valence-corrected chi connectivity index (χ1v) is 7.25. The zero-order chi connectivity index (χ0) is 16.7. The summed E-state index contributed by atoms with van der Waals surface area (Å²) >= 11 is 0. The Morgan fingerprint density at radius 2 is 1.83 bits per heavy atom. The fourth-order valence-corrected chi connectivity index (χ4v) is 2.11. The van der Waals surface area contributed by atoms with Gasteiger partial charge in [-0.2, -0.15) is 5.26 Å². The predicted molar refractivity (Wildman–Crippen MR) is 89.6 cm³/mol. The number of amides is 1. The minimum Gasteiger partial charge on any atom is -0.497 e. The molecule has 1 atom stereocenters. The van der Waals surface area contributed by atoms with E-state index in [1.165, 1.54) is 0 Å². The second kappa shape index (κ2) is 7.81. The van der Waals surface area contributed by atoms with Gasteiger partial charge >= 0.3 is 0 Å². The van der Waals surface area contributed by atoms with Crippen molar-refractivity contribution in [2.24, 2.45) is 0 Å². The lowest BCUT2D eigenvalue weighted by Crippen LogP contribution is -2.27. The van der Waals surface area contributed by atoms with E-state index in [1.54, 1.807) is 37.5 Å². The number of benzene rings is 2. The largest absolute Gasteiger partial charge is 0.497 e. The summed E-state index contributed by atoms with van der Waals surface area (Å²) in [7, 11) is 1.59. The van der Waals surface area contributed by atoms with Crippen LogP contribution in [0.1, 0.15) is 24.1 Å². The smallest absolute Gasteiger partial charge is 0.262 e. The maximum absolute atomic E-state index is 12.3. The monoisotopic (exact) mass is 306 g/mol. The first-order chi connectivity index (χ1) is 11.1. The third-order valence-electron chi connectivity index (χ3n) is 3.44. The molecule has 23 heavy (non-hydrogen) atoms. The molecule has 0 spiro atoms. The Morgan fingerprint density at radius 1 is 1.17 bits per heavy atom. The number of hydrogen-bond acceptors (Lipinski definition) is 3. The summed E-state index contributed by atoms with van der Waals surface area (Å²) in [4.78, 5) is 12.3. The quantitative estimate of drug-likeness (QED) is 0.679. The molecule has 4 nitrogen and oxygen atoms in total. The number of nitrogens with one attached hydrogen (secondary N) is 1. The van der Waals surface area contributed by atoms with Crippen molar-refractivity contribution in [3.63, 3.8) is 0 Å². The molecule has 0 saturated heterocycles. The molecule has 0 aliphatic heterocycles. The number of nitrogens with zero attached hydrogens (tertiary/aromatic N) is 1. The van der Waals surface area contributed by atoms with Crippen LogP contribution in [0.3, 0.4) is 0 Å². The number of carbonyl (C=O) groups is 1. The highest BCUT2D eigenvalue weighted by Crippen LogP contribution is 2.15. The van der Waals surface area contributed by atoms with Gasteiger partial charge in [-0.05, 0) is 36.3 Å². The molecule has 2 aromatic rings. The first-order valence-electron chi connectivity index (χ1n) is 7.25. The first kappa shape index (κ1) is 16.3. The molecule has 0 aliphatic carbocycles. The van der Waals surface area contributed by atoms with Gasteiger partial charge in [0.25, 0.3) is 5.91 Å². The SMILES string of the molecule is COc1ccc(/C=C(\C#N)C(=O)N[C@@H](C)c2ccccc2)cc1. The Labute approximate surface area is 136 Å². The van der Waals surface area contributed by atoms with Crippen LogP contribution in [-0.4, -0.2) is 13.0 Å². The molecule has 0 heterocycles. The number of ether oxygens (including phenoxy) is 1. The van der Waals surface area contributed by atoms with Crippen molar-refractivity contribution >= 4 is 12.0 Å². The van der Waals surface area contributed by atoms with Gasteiger partial charge in [0.15, 0.2) is 0 Å². The van der Waals surface area contributed by atoms with Crippen molar-refractivity contribution in [2.45, 2.75) is 13.0 Å². The molecule has 1 amide bonds. The molecule has 0 aliphatic rings. The minimum absolute atomic E-state index is 0.0675. The summed E-state index contributed by atoms with van der Waals surface area (Å²) in [6, 6.07) is 18.6. The van der Waals surface area contributed by atoms with Crippen LogP contribution in [0.5, 0.6) is 5.75 Å². The van der Waals surface area contributed by atoms with Crippen LogP contribution >= 0.6 is 0 Å². The average molecular weight is 306 g/mol. The molecule has 2 aromatic carbocycles. The Morgan fingerprint density at radius 3 is 2.39 bits per heavy atom. The van der Waals surface area contributed by atoms with Gasteiger partial charge in [-0.25, -0.2) is 0 Å². The summed E-state index contributed by atoms with van der Waals surface area (Å²) in [6.45, 7) is 1.88. The van der Waals surface area contributed by atoms with Crippen LogP contribution in [0, 0.1) is 11.3 Å². The van der Waals surface area contributed by atoms with Crippen LogP contribution in [0.4, 0.5) is 0 Å². The summed E-state index contributed by atoms with van der Waals surface area (Å²) in [5, 5.41) is 12.1. The third kappa shape index (κ3) is 4.45. The molecule has 0 fully saturated rings. The van der Waals surface area contributed by atoms with Crippen molar-refractivity contribution in [1.82, 2.24) is 5.32 Å². The van der Waals surface area contributed by atoms with E-state index in [2.05, 4.69) is 5.32 Å². The molecule has 0 aromatic heterocycles. The summed E-state index contributed by atoms with van der Waals surface area (Å²) in [5.41, 5.74) is 1.82. The molecule has 116 valence electrons. The number of hydrogen-bond donors (Lipinski definition) is 1. The zero-order valence-corrected chi connectivity index (χ0v) is 13.1. The van der Waals surface area contributed by atoms with Gasteiger partial charge in [0.05, 0.1) is 13.2 Å². The molecule has 0 saturated carbocycles. The zero-order valence-electron chi connectivity index (χ0n) is 13.1. The molecule has 0 bridgehead atoms. The van der Waals surface area contributed by atoms with Gasteiger partial charge in [-0.1, -0.05) is 42.5 Å². The second-order valence-corrected chi connectivity index (χ2v) is 5.05. The van der Waals surface area contributed by atoms with Gasteiger partial charge in [0.2, 0.25) is 0 Å². The van der Waals surface area contributed by atoms with E-state index < -0.39 is 0 Å². The van der Waals surface area contributed by atoms with E-state index in [9.17, 15) is 10.1 Å². The van der Waals surface area contributed by atoms with Gasteiger partial charge in [0.1, 0.15) is 17.4 Å². The van der Waals surface area contributed by atoms with E-state index in [4.69, 9.17) is 4.74 Å². The summed E-state index contributed by atoms with van der Waals surface area (Å²) < 4.78 is 5.08. The lowest BCUT2D eigenvalue weighted by Gasteiger charge is -2.13. The highest BCUT2D eigenvalue weighted by Gasteiger charge is 2.13. The molecular weight excluding hydrogens is 288 g/mol. The van der Waals surface area contributed by atoms with Crippen molar-refractivity contribution in [1.29, 1.82) is 5.26 Å². The Bertz CT molecular complexity index is 728. The van der Waals surface area contributed by atoms with Gasteiger partial charge in [-0.3, -0.25) is 4.79 Å². The van der Waals surface area contributed by atoms with Crippen LogP contribution in [-0.2, 0) is 4.79 Å². The number of methoxy groups -OCH3 is 1. The number of carbonyl (C=O) groups excluding carboxylic acids is 1. The van der Waals surface area contributed by atoms with E-state index in [0.717, 1.165) is 16.9 Å². The molecule has 1 N–H and O–H groups in total. The van der Waals surface area contributed by atoms with Gasteiger partial charge < -0.3 is 10.1 Å². The molecule has 4 heteroatoms. The molecular formula is C19H18N2O2. The highest BCUT2D eigenvalue weighted by atomic mass is 16.5. The van der Waals surface area contributed by atoms with Crippen LogP contribution in [0.15, 0.2) is 60.2 Å². The highest BCUT2D eigenvalue weighted by molar-refractivity contribution is 6.01. The second-order valence-electron chi connectivity index (χ2n) is 5.05. The van der Waals surface area contributed by atoms with Crippen LogP contribution < -0.4 is 10.1 Å². The predicted octanol–water partition coefficient (Wildman–Crippen LogP) is 3.48. The van der Waals surface area contributed by atoms with Crippen molar-refractivity contribution < 1.29 is 9.53 Å². The standard InChI is InChI=1S/C19H18N2O2/c1-14(16-6-4-3-5-7-16)21-19(22)17(13-20)12-15-8-10-18(23-2)11-9-15/h3-12,14H,1-2H3,(H,21,22)/b17-12+/t14-/m0/s1. The molecule has 0 unspecified atom stereocenters. The van der Waals surface area contributed by atoms with Crippen molar-refractivity contribution in [3.8, 4) is 11.8 Å². The Kier molecular flexibility index (Phi) is 5.54. The van der Waals surface area contributed by atoms with E-state index in [1.807, 2.05) is 43.3 Å². The van der Waals surface area contributed by atoms with E-state index >= 15 is 0 Å². The van der Waals surface area contributed by atoms with Crippen LogP contribution in [0.25, 0.3) is 6.08 Å². The number of nitriles is 1. The van der Waals surface area contributed by atoms with Crippen LogP contribution in [0.2, 0.25) is 0 Å². The summed E-state index contributed by atoms with van der Waals surface area (Å²) in [5.74, 6) is 0.336. The third-order valence-corrected chi connectivity index (χ3v) is 3.44. The average Bonchev–Trinajstić information content (AvgIpc) is 2.60. The van der Waals surface area contributed by atoms with E-state index in [-0.39, 0.29) is 17.5 Å². The minimum atomic E-state index is -0.389.